The van der Waals surface area contributed by atoms with E-state index in [-0.39, 0.29) is 23.1 Å². The Morgan fingerprint density at radius 2 is 1.79 bits per heavy atom. The highest BCUT2D eigenvalue weighted by Crippen LogP contribution is 2.36. The summed E-state index contributed by atoms with van der Waals surface area (Å²) in [5.74, 6) is 1.34. The number of thioether (sulfide) groups is 1. The number of amides is 1. The molecule has 0 radical (unpaired) electrons. The first-order valence-electron chi connectivity index (χ1n) is 8.00. The van der Waals surface area contributed by atoms with Crippen LogP contribution in [0, 0.1) is 10.1 Å². The van der Waals surface area contributed by atoms with Crippen LogP contribution in [-0.4, -0.2) is 37.9 Å². The summed E-state index contributed by atoms with van der Waals surface area (Å²) in [5.41, 5.74) is 1.05. The van der Waals surface area contributed by atoms with E-state index in [2.05, 4.69) is 5.32 Å². The highest BCUT2D eigenvalue weighted by atomic mass is 35.5. The number of carbonyl (C=O) groups is 1. The Labute approximate surface area is 171 Å². The molecule has 0 aliphatic carbocycles. The van der Waals surface area contributed by atoms with Crippen LogP contribution in [0.25, 0.3) is 0 Å². The van der Waals surface area contributed by atoms with E-state index in [1.165, 1.54) is 39.2 Å². The van der Waals surface area contributed by atoms with Gasteiger partial charge >= 0.3 is 5.69 Å². The zero-order chi connectivity index (χ0) is 20.7. The second kappa shape index (κ2) is 10.0. The minimum absolute atomic E-state index is 0.108. The number of nitro benzene ring substituents is 1. The van der Waals surface area contributed by atoms with Crippen LogP contribution in [-0.2, 0) is 10.5 Å². The molecule has 1 N–H and O–H groups in total. The second-order valence-electron chi connectivity index (χ2n) is 5.49. The third-order valence-corrected chi connectivity index (χ3v) is 4.99. The largest absolute Gasteiger partial charge is 0.495 e. The van der Waals surface area contributed by atoms with Crippen molar-refractivity contribution in [2.75, 3.05) is 32.4 Å². The molecular weight excluding hydrogens is 408 g/mol. The highest BCUT2D eigenvalue weighted by Gasteiger charge is 2.16. The minimum Gasteiger partial charge on any atom is -0.495 e. The smallest absolute Gasteiger partial charge is 0.311 e. The van der Waals surface area contributed by atoms with E-state index >= 15 is 0 Å². The van der Waals surface area contributed by atoms with E-state index in [0.29, 0.717) is 28.0 Å². The van der Waals surface area contributed by atoms with Gasteiger partial charge in [-0.05, 0) is 11.6 Å². The Morgan fingerprint density at radius 3 is 2.39 bits per heavy atom. The average Bonchev–Trinajstić information content (AvgIpc) is 2.68. The monoisotopic (exact) mass is 426 g/mol. The molecule has 28 heavy (non-hydrogen) atoms. The molecule has 2 rings (SSSR count). The molecule has 0 unspecified atom stereocenters. The molecule has 2 aromatic carbocycles. The van der Waals surface area contributed by atoms with Crippen molar-refractivity contribution in [3.63, 3.8) is 0 Å². The first-order chi connectivity index (χ1) is 13.4. The summed E-state index contributed by atoms with van der Waals surface area (Å²) in [6, 6.07) is 7.84. The number of halogens is 1. The molecule has 8 nitrogen and oxygen atoms in total. The Bertz CT molecular complexity index is 877. The number of nitrogens with zero attached hydrogens (tertiary/aromatic N) is 1. The molecule has 0 spiro atoms. The van der Waals surface area contributed by atoms with Crippen molar-refractivity contribution >= 4 is 40.6 Å². The summed E-state index contributed by atoms with van der Waals surface area (Å²) < 4.78 is 15.3. The van der Waals surface area contributed by atoms with Gasteiger partial charge in [0, 0.05) is 24.0 Å². The second-order valence-corrected chi connectivity index (χ2v) is 6.88. The lowest BCUT2D eigenvalue weighted by atomic mass is 10.2. The van der Waals surface area contributed by atoms with E-state index in [4.69, 9.17) is 25.8 Å². The van der Waals surface area contributed by atoms with Gasteiger partial charge in [0.15, 0.2) is 5.75 Å². The van der Waals surface area contributed by atoms with Gasteiger partial charge in [0.25, 0.3) is 0 Å². The lowest BCUT2D eigenvalue weighted by molar-refractivity contribution is -0.385. The van der Waals surface area contributed by atoms with Gasteiger partial charge in [-0.1, -0.05) is 17.7 Å². The molecule has 0 aliphatic heterocycles. The van der Waals surface area contributed by atoms with Crippen LogP contribution in [0.15, 0.2) is 30.3 Å². The van der Waals surface area contributed by atoms with Gasteiger partial charge < -0.3 is 19.5 Å². The first kappa shape index (κ1) is 21.6. The fourth-order valence-electron chi connectivity index (χ4n) is 2.37. The van der Waals surface area contributed by atoms with Gasteiger partial charge in [-0.2, -0.15) is 0 Å². The van der Waals surface area contributed by atoms with E-state index in [9.17, 15) is 14.9 Å². The number of benzene rings is 2. The lowest BCUT2D eigenvalue weighted by Crippen LogP contribution is -2.15. The zero-order valence-corrected chi connectivity index (χ0v) is 17.1. The molecule has 0 fully saturated rings. The summed E-state index contributed by atoms with van der Waals surface area (Å²) in [4.78, 5) is 22.8. The van der Waals surface area contributed by atoms with Crippen molar-refractivity contribution in [3.8, 4) is 17.2 Å². The van der Waals surface area contributed by atoms with Crippen molar-refractivity contribution in [2.24, 2.45) is 0 Å². The number of hydrogen-bond donors (Lipinski definition) is 1. The average molecular weight is 427 g/mol. The van der Waals surface area contributed by atoms with Gasteiger partial charge in [-0.25, -0.2) is 0 Å². The van der Waals surface area contributed by atoms with E-state index in [1.807, 2.05) is 0 Å². The van der Waals surface area contributed by atoms with Crippen LogP contribution in [0.2, 0.25) is 5.02 Å². The fourth-order valence-corrected chi connectivity index (χ4v) is 3.38. The van der Waals surface area contributed by atoms with Gasteiger partial charge in [-0.15, -0.1) is 11.8 Å². The van der Waals surface area contributed by atoms with E-state index in [1.54, 1.807) is 24.3 Å². The third kappa shape index (κ3) is 5.43. The number of nitro groups is 1. The maximum atomic E-state index is 12.2. The number of hydrogen-bond acceptors (Lipinski definition) is 7. The maximum Gasteiger partial charge on any atom is 0.311 e. The Hall–Kier alpha value is -2.65. The number of ether oxygens (including phenoxy) is 3. The number of nitrogens with one attached hydrogen (secondary N) is 1. The summed E-state index contributed by atoms with van der Waals surface area (Å²) in [6.07, 6.45) is 0. The molecule has 0 atom stereocenters. The van der Waals surface area contributed by atoms with Crippen molar-refractivity contribution in [3.05, 3.63) is 51.0 Å². The topological polar surface area (TPSA) is 99.9 Å². The lowest BCUT2D eigenvalue weighted by Gasteiger charge is -2.13. The van der Waals surface area contributed by atoms with Crippen molar-refractivity contribution in [1.82, 2.24) is 0 Å². The Morgan fingerprint density at radius 1 is 1.11 bits per heavy atom. The molecular formula is C18H19ClN2O6S. The summed E-state index contributed by atoms with van der Waals surface area (Å²) in [7, 11) is 4.32. The van der Waals surface area contributed by atoms with Gasteiger partial charge in [0.1, 0.15) is 11.5 Å². The third-order valence-electron chi connectivity index (χ3n) is 3.69. The Balaban J connectivity index is 1.98. The molecule has 2 aromatic rings. The SMILES string of the molecule is COc1cc(NC(=O)CSCc2ccc(OC)c([N+](=O)[O-])c2)c(OC)cc1Cl. The summed E-state index contributed by atoms with van der Waals surface area (Å²) >= 11 is 7.37. The quantitative estimate of drug-likeness (QED) is 0.475. The van der Waals surface area contributed by atoms with Crippen LogP contribution in [0.5, 0.6) is 17.2 Å². The molecule has 150 valence electrons. The van der Waals surface area contributed by atoms with Crippen molar-refractivity contribution < 1.29 is 23.9 Å². The van der Waals surface area contributed by atoms with Crippen LogP contribution in [0.1, 0.15) is 5.56 Å². The van der Waals surface area contributed by atoms with Gasteiger partial charge in [-0.3, -0.25) is 14.9 Å². The number of methoxy groups -OCH3 is 3. The molecule has 0 saturated heterocycles. The molecule has 10 heteroatoms. The van der Waals surface area contributed by atoms with Crippen LogP contribution in [0.4, 0.5) is 11.4 Å². The maximum absolute atomic E-state index is 12.2. The highest BCUT2D eigenvalue weighted by molar-refractivity contribution is 7.99. The standard InChI is InChI=1S/C18H19ClN2O6S/c1-25-15-5-4-11(6-14(15)21(23)24)9-28-10-18(22)20-13-8-16(26-2)12(19)7-17(13)27-3/h4-8H,9-10H2,1-3H3,(H,20,22). The summed E-state index contributed by atoms with van der Waals surface area (Å²) in [5, 5.41) is 14.2. The van der Waals surface area contributed by atoms with E-state index < -0.39 is 4.92 Å². The first-order valence-corrected chi connectivity index (χ1v) is 9.53. The minimum atomic E-state index is -0.500. The van der Waals surface area contributed by atoms with Crippen LogP contribution < -0.4 is 19.5 Å². The number of carbonyl (C=O) groups excluding carboxylic acids is 1. The van der Waals surface area contributed by atoms with Gasteiger partial charge in [0.2, 0.25) is 5.91 Å². The van der Waals surface area contributed by atoms with Crippen molar-refractivity contribution in [2.45, 2.75) is 5.75 Å². The number of anilines is 1. The molecule has 0 aromatic heterocycles. The molecule has 0 saturated carbocycles. The van der Waals surface area contributed by atoms with Crippen LogP contribution in [0.3, 0.4) is 0 Å². The van der Waals surface area contributed by atoms with Crippen LogP contribution >= 0.6 is 23.4 Å². The number of rotatable bonds is 9. The van der Waals surface area contributed by atoms with Gasteiger partial charge in [0.05, 0.1) is 42.7 Å². The van der Waals surface area contributed by atoms with Crippen molar-refractivity contribution in [1.29, 1.82) is 0 Å². The molecule has 0 aliphatic rings. The molecule has 1 amide bonds. The molecule has 0 bridgehead atoms. The predicted molar refractivity (Wildman–Crippen MR) is 109 cm³/mol. The summed E-state index contributed by atoms with van der Waals surface area (Å²) in [6.45, 7) is 0. The predicted octanol–water partition coefficient (Wildman–Crippen LogP) is 4.15. The van der Waals surface area contributed by atoms with E-state index in [0.717, 1.165) is 5.56 Å². The zero-order valence-electron chi connectivity index (χ0n) is 15.5. The normalized spacial score (nSPS) is 10.3. The fraction of sp³-hybridized carbons (Fsp3) is 0.278. The Kier molecular flexibility index (Phi) is 7.77. The molecule has 0 heterocycles.